The zero-order chi connectivity index (χ0) is 13.0. The van der Waals surface area contributed by atoms with Gasteiger partial charge in [-0.1, -0.05) is 6.07 Å². The lowest BCUT2D eigenvalue weighted by molar-refractivity contribution is -0.138. The average Bonchev–Trinajstić information content (AvgIpc) is 2.38. The number of aromatic nitrogens is 1. The van der Waals surface area contributed by atoms with Crippen molar-refractivity contribution < 1.29 is 9.90 Å². The molecule has 5 nitrogen and oxygen atoms in total. The number of nitrogens with zero attached hydrogens (tertiary/aromatic N) is 3. The van der Waals surface area contributed by atoms with E-state index in [0.29, 0.717) is 0 Å². The van der Waals surface area contributed by atoms with Crippen LogP contribution < -0.4 is 0 Å². The minimum atomic E-state index is -0.761. The largest absolute Gasteiger partial charge is 0.481 e. The van der Waals surface area contributed by atoms with Crippen molar-refractivity contribution in [2.75, 3.05) is 33.2 Å². The highest BCUT2D eigenvalue weighted by Crippen LogP contribution is 2.24. The second-order valence-electron chi connectivity index (χ2n) is 4.74. The molecule has 0 saturated carbocycles. The van der Waals surface area contributed by atoms with Gasteiger partial charge in [-0.2, -0.15) is 0 Å². The number of hydrogen-bond acceptors (Lipinski definition) is 4. The third-order valence-corrected chi connectivity index (χ3v) is 3.42. The summed E-state index contributed by atoms with van der Waals surface area (Å²) < 4.78 is 0. The molecule has 1 aromatic rings. The van der Waals surface area contributed by atoms with Gasteiger partial charge in [-0.3, -0.25) is 14.7 Å². The number of carboxylic acid groups (broad SMARTS) is 1. The number of carboxylic acids is 1. The molecule has 0 bridgehead atoms. The Labute approximate surface area is 107 Å². The number of hydrogen-bond donors (Lipinski definition) is 1. The van der Waals surface area contributed by atoms with E-state index in [1.807, 2.05) is 12.1 Å². The first-order chi connectivity index (χ1) is 8.66. The van der Waals surface area contributed by atoms with Gasteiger partial charge < -0.3 is 10.0 Å². The summed E-state index contributed by atoms with van der Waals surface area (Å²) in [5.74, 6) is -0.761. The first-order valence-corrected chi connectivity index (χ1v) is 6.21. The van der Waals surface area contributed by atoms with Crippen LogP contribution in [-0.2, 0) is 4.79 Å². The summed E-state index contributed by atoms with van der Waals surface area (Å²) >= 11 is 0. The van der Waals surface area contributed by atoms with E-state index in [-0.39, 0.29) is 12.5 Å². The molecule has 2 heterocycles. The summed E-state index contributed by atoms with van der Waals surface area (Å²) in [5, 5.41) is 9.07. The average molecular weight is 249 g/mol. The van der Waals surface area contributed by atoms with E-state index in [1.54, 1.807) is 12.4 Å². The molecule has 1 saturated heterocycles. The smallest absolute Gasteiger partial charge is 0.305 e. The molecule has 1 fully saturated rings. The molecule has 1 aliphatic rings. The highest BCUT2D eigenvalue weighted by atomic mass is 16.4. The Morgan fingerprint density at radius 2 is 2.17 bits per heavy atom. The quantitative estimate of drug-likeness (QED) is 0.857. The lowest BCUT2D eigenvalue weighted by Crippen LogP contribution is -2.46. The summed E-state index contributed by atoms with van der Waals surface area (Å²) in [4.78, 5) is 19.6. The van der Waals surface area contributed by atoms with E-state index in [1.165, 1.54) is 0 Å². The number of aliphatic carboxylic acids is 1. The fourth-order valence-electron chi connectivity index (χ4n) is 2.33. The predicted molar refractivity (Wildman–Crippen MR) is 68.3 cm³/mol. The van der Waals surface area contributed by atoms with E-state index in [4.69, 9.17) is 5.11 Å². The van der Waals surface area contributed by atoms with E-state index < -0.39 is 5.97 Å². The van der Waals surface area contributed by atoms with Crippen molar-refractivity contribution in [1.29, 1.82) is 0 Å². The molecule has 0 amide bonds. The van der Waals surface area contributed by atoms with Crippen molar-refractivity contribution in [3.63, 3.8) is 0 Å². The second kappa shape index (κ2) is 5.93. The number of pyridine rings is 1. The van der Waals surface area contributed by atoms with Crippen LogP contribution in [0, 0.1) is 0 Å². The lowest BCUT2D eigenvalue weighted by Gasteiger charge is -2.37. The zero-order valence-corrected chi connectivity index (χ0v) is 10.6. The van der Waals surface area contributed by atoms with Crippen molar-refractivity contribution in [2.24, 2.45) is 0 Å². The highest BCUT2D eigenvalue weighted by molar-refractivity contribution is 5.67. The van der Waals surface area contributed by atoms with Crippen LogP contribution in [0.4, 0.5) is 0 Å². The second-order valence-corrected chi connectivity index (χ2v) is 4.74. The summed E-state index contributed by atoms with van der Waals surface area (Å²) in [6.45, 7) is 3.78. The van der Waals surface area contributed by atoms with E-state index in [9.17, 15) is 4.79 Å². The van der Waals surface area contributed by atoms with Gasteiger partial charge in [0.2, 0.25) is 0 Å². The molecular formula is C13H19N3O2. The van der Waals surface area contributed by atoms with Gasteiger partial charge in [0, 0.05) is 44.6 Å². The van der Waals surface area contributed by atoms with E-state index in [2.05, 4.69) is 21.8 Å². The van der Waals surface area contributed by atoms with Crippen molar-refractivity contribution >= 4 is 5.97 Å². The molecule has 0 spiro atoms. The molecule has 0 aromatic carbocycles. The minimum absolute atomic E-state index is 0.0649. The molecular weight excluding hydrogens is 230 g/mol. The van der Waals surface area contributed by atoms with Gasteiger partial charge >= 0.3 is 5.97 Å². The van der Waals surface area contributed by atoms with Gasteiger partial charge in [-0.15, -0.1) is 0 Å². The maximum atomic E-state index is 11.0. The lowest BCUT2D eigenvalue weighted by atomic mass is 10.0. The SMILES string of the molecule is CN1CCN([C@@H](CC(=O)O)c2cccnc2)CC1. The standard InChI is InChI=1S/C13H19N3O2/c1-15-5-7-16(8-6-15)12(9-13(17)18)11-3-2-4-14-10-11/h2-4,10,12H,5-9H2,1H3,(H,17,18)/t12-/m0/s1. The third kappa shape index (κ3) is 3.27. The maximum Gasteiger partial charge on any atom is 0.305 e. The topological polar surface area (TPSA) is 56.7 Å². The van der Waals surface area contributed by atoms with Crippen LogP contribution >= 0.6 is 0 Å². The summed E-state index contributed by atoms with van der Waals surface area (Å²) in [7, 11) is 2.09. The molecule has 5 heteroatoms. The molecule has 98 valence electrons. The van der Waals surface area contributed by atoms with Crippen molar-refractivity contribution in [1.82, 2.24) is 14.8 Å². The van der Waals surface area contributed by atoms with Gasteiger partial charge in [-0.25, -0.2) is 0 Å². The number of carbonyl (C=O) groups is 1. The fraction of sp³-hybridized carbons (Fsp3) is 0.538. The predicted octanol–water partition coefficient (Wildman–Crippen LogP) is 0.845. The van der Waals surface area contributed by atoms with Crippen LogP contribution in [0.5, 0.6) is 0 Å². The first-order valence-electron chi connectivity index (χ1n) is 6.21. The Bertz CT molecular complexity index is 388. The van der Waals surface area contributed by atoms with Crippen LogP contribution in [0.1, 0.15) is 18.0 Å². The molecule has 18 heavy (non-hydrogen) atoms. The van der Waals surface area contributed by atoms with Gasteiger partial charge in [0.15, 0.2) is 0 Å². The monoisotopic (exact) mass is 249 g/mol. The Hall–Kier alpha value is -1.46. The Morgan fingerprint density at radius 1 is 1.44 bits per heavy atom. The van der Waals surface area contributed by atoms with Gasteiger partial charge in [-0.05, 0) is 18.7 Å². The summed E-state index contributed by atoms with van der Waals surface area (Å²) in [6.07, 6.45) is 3.62. The zero-order valence-electron chi connectivity index (χ0n) is 10.6. The molecule has 1 aromatic heterocycles. The van der Waals surface area contributed by atoms with Gasteiger partial charge in [0.25, 0.3) is 0 Å². The summed E-state index contributed by atoms with van der Waals surface area (Å²) in [5.41, 5.74) is 0.990. The number of rotatable bonds is 4. The fourth-order valence-corrected chi connectivity index (χ4v) is 2.33. The van der Waals surface area contributed by atoms with Crippen LogP contribution in [-0.4, -0.2) is 59.1 Å². The maximum absolute atomic E-state index is 11.0. The molecule has 0 radical (unpaired) electrons. The molecule has 0 aliphatic carbocycles. The highest BCUT2D eigenvalue weighted by Gasteiger charge is 2.25. The van der Waals surface area contributed by atoms with Gasteiger partial charge in [0.1, 0.15) is 0 Å². The van der Waals surface area contributed by atoms with Crippen molar-refractivity contribution in [3.05, 3.63) is 30.1 Å². The number of likely N-dealkylation sites (N-methyl/N-ethyl adjacent to an activating group) is 1. The van der Waals surface area contributed by atoms with Crippen LogP contribution in [0.2, 0.25) is 0 Å². The van der Waals surface area contributed by atoms with Gasteiger partial charge in [0.05, 0.1) is 6.42 Å². The first kappa shape index (κ1) is 13.0. The molecule has 0 unspecified atom stereocenters. The number of piperazine rings is 1. The third-order valence-electron chi connectivity index (χ3n) is 3.42. The van der Waals surface area contributed by atoms with E-state index in [0.717, 1.165) is 31.7 Å². The Kier molecular flexibility index (Phi) is 4.28. The van der Waals surface area contributed by atoms with Crippen LogP contribution in [0.3, 0.4) is 0 Å². The van der Waals surface area contributed by atoms with Crippen molar-refractivity contribution in [3.8, 4) is 0 Å². The normalized spacial score (nSPS) is 19.6. The molecule has 1 aliphatic heterocycles. The van der Waals surface area contributed by atoms with Crippen LogP contribution in [0.15, 0.2) is 24.5 Å². The molecule has 2 rings (SSSR count). The Morgan fingerprint density at radius 3 is 2.72 bits per heavy atom. The van der Waals surface area contributed by atoms with Crippen LogP contribution in [0.25, 0.3) is 0 Å². The summed E-state index contributed by atoms with van der Waals surface area (Å²) in [6, 6.07) is 3.75. The van der Waals surface area contributed by atoms with Crippen molar-refractivity contribution in [2.45, 2.75) is 12.5 Å². The molecule has 1 N–H and O–H groups in total. The minimum Gasteiger partial charge on any atom is -0.481 e. The molecule has 1 atom stereocenters. The van der Waals surface area contributed by atoms with E-state index >= 15 is 0 Å². The Balaban J connectivity index is 2.12.